The van der Waals surface area contributed by atoms with Gasteiger partial charge in [-0.1, -0.05) is 23.7 Å². The molecule has 0 bridgehead atoms. The van der Waals surface area contributed by atoms with Gasteiger partial charge in [-0.15, -0.1) is 0 Å². The summed E-state index contributed by atoms with van der Waals surface area (Å²) in [6, 6.07) is 10.7. The molecule has 128 valence electrons. The maximum Gasteiger partial charge on any atom is 0.253 e. The van der Waals surface area contributed by atoms with Crippen LogP contribution < -0.4 is 5.32 Å². The van der Waals surface area contributed by atoms with Crippen molar-refractivity contribution < 1.29 is 9.90 Å². The Morgan fingerprint density at radius 1 is 1.24 bits per heavy atom. The van der Waals surface area contributed by atoms with E-state index in [9.17, 15) is 9.90 Å². The highest BCUT2D eigenvalue weighted by molar-refractivity contribution is 6.30. The minimum atomic E-state index is -1.16. The first-order chi connectivity index (χ1) is 12.0. The quantitative estimate of drug-likeness (QED) is 0.736. The van der Waals surface area contributed by atoms with Crippen LogP contribution in [0.25, 0.3) is 5.69 Å². The third-order valence-electron chi connectivity index (χ3n) is 3.82. The molecule has 0 spiro atoms. The van der Waals surface area contributed by atoms with Crippen LogP contribution in [0.1, 0.15) is 11.3 Å². The summed E-state index contributed by atoms with van der Waals surface area (Å²) < 4.78 is 1.70. The number of aliphatic hydroxyl groups excluding tert-OH is 1. The molecule has 0 radical (unpaired) electrons. The summed E-state index contributed by atoms with van der Waals surface area (Å²) in [5, 5.41) is 17.7. The van der Waals surface area contributed by atoms with Crippen molar-refractivity contribution in [1.29, 1.82) is 0 Å². The number of nitrogens with one attached hydrogen (secondary N) is 1. The Balaban J connectivity index is 1.68. The number of pyridine rings is 1. The number of aromatic nitrogens is 3. The van der Waals surface area contributed by atoms with Gasteiger partial charge < -0.3 is 10.4 Å². The Bertz CT molecular complexity index is 863. The molecule has 1 amide bonds. The molecule has 3 aromatic rings. The number of hydrogen-bond donors (Lipinski definition) is 2. The van der Waals surface area contributed by atoms with Gasteiger partial charge in [-0.2, -0.15) is 5.10 Å². The van der Waals surface area contributed by atoms with Crippen LogP contribution in [-0.4, -0.2) is 31.9 Å². The number of anilines is 1. The van der Waals surface area contributed by atoms with Crippen LogP contribution in [0.4, 0.5) is 5.69 Å². The summed E-state index contributed by atoms with van der Waals surface area (Å²) in [7, 11) is 0. The molecule has 0 aliphatic rings. The van der Waals surface area contributed by atoms with Gasteiger partial charge in [0.25, 0.3) is 5.91 Å². The van der Waals surface area contributed by atoms with E-state index in [0.717, 1.165) is 16.9 Å². The minimum Gasteiger partial charge on any atom is -0.383 e. The van der Waals surface area contributed by atoms with Gasteiger partial charge in [-0.05, 0) is 36.8 Å². The number of hydrogen-bond acceptors (Lipinski definition) is 4. The fourth-order valence-corrected chi connectivity index (χ4v) is 2.56. The van der Waals surface area contributed by atoms with E-state index in [-0.39, 0.29) is 6.42 Å². The first kappa shape index (κ1) is 17.1. The summed E-state index contributed by atoms with van der Waals surface area (Å²) in [5.41, 5.74) is 2.99. The minimum absolute atomic E-state index is 0.209. The van der Waals surface area contributed by atoms with E-state index < -0.39 is 12.0 Å². The second kappa shape index (κ2) is 7.46. The van der Waals surface area contributed by atoms with Gasteiger partial charge in [0.05, 0.1) is 23.3 Å². The van der Waals surface area contributed by atoms with Crippen LogP contribution in [0.15, 0.2) is 55.0 Å². The fraction of sp³-hybridized carbons (Fsp3) is 0.167. The summed E-state index contributed by atoms with van der Waals surface area (Å²) in [5.74, 6) is -0.479. The van der Waals surface area contributed by atoms with Crippen LogP contribution in [0.5, 0.6) is 0 Å². The first-order valence-electron chi connectivity index (χ1n) is 7.73. The van der Waals surface area contributed by atoms with Crippen molar-refractivity contribution in [2.24, 2.45) is 0 Å². The molecule has 2 N–H and O–H groups in total. The lowest BCUT2D eigenvalue weighted by Crippen LogP contribution is -2.29. The maximum atomic E-state index is 12.2. The third-order valence-corrected chi connectivity index (χ3v) is 4.07. The van der Waals surface area contributed by atoms with Crippen LogP contribution in [0.3, 0.4) is 0 Å². The Labute approximate surface area is 150 Å². The van der Waals surface area contributed by atoms with E-state index in [1.54, 1.807) is 47.5 Å². The van der Waals surface area contributed by atoms with E-state index in [1.807, 2.05) is 19.1 Å². The fourth-order valence-electron chi connectivity index (χ4n) is 2.43. The molecule has 1 aromatic carbocycles. The number of carbonyl (C=O) groups excluding carboxylic acids is 1. The molecular formula is C18H17ClN4O2. The number of aliphatic hydroxyl groups is 1. The Morgan fingerprint density at radius 2 is 1.92 bits per heavy atom. The molecule has 6 nitrogen and oxygen atoms in total. The molecule has 2 heterocycles. The summed E-state index contributed by atoms with van der Waals surface area (Å²) >= 11 is 5.83. The normalized spacial score (nSPS) is 12.0. The second-order valence-corrected chi connectivity index (χ2v) is 6.03. The molecule has 0 aliphatic heterocycles. The molecule has 1 atom stereocenters. The standard InChI is InChI=1S/C18H17ClN4O2/c1-12-16(11-21-23(12)15-6-8-20-9-7-15)22-18(25)17(24)10-13-2-4-14(19)5-3-13/h2-9,11,17,24H,10H2,1H3,(H,22,25)/t17-/m1/s1. The molecular weight excluding hydrogens is 340 g/mol. The summed E-state index contributed by atoms with van der Waals surface area (Å²) in [4.78, 5) is 16.2. The molecule has 25 heavy (non-hydrogen) atoms. The SMILES string of the molecule is Cc1c(NC(=O)[C@H](O)Cc2ccc(Cl)cc2)cnn1-c1ccncc1. The van der Waals surface area contributed by atoms with Gasteiger partial charge in [0.2, 0.25) is 0 Å². The van der Waals surface area contributed by atoms with Crippen molar-refractivity contribution in [2.75, 3.05) is 5.32 Å². The number of rotatable bonds is 5. The number of nitrogens with zero attached hydrogens (tertiary/aromatic N) is 3. The van der Waals surface area contributed by atoms with Gasteiger partial charge in [0, 0.05) is 23.8 Å². The topological polar surface area (TPSA) is 80.0 Å². The number of amides is 1. The molecule has 0 saturated heterocycles. The van der Waals surface area contributed by atoms with E-state index in [4.69, 9.17) is 11.6 Å². The van der Waals surface area contributed by atoms with Gasteiger partial charge in [0.1, 0.15) is 6.10 Å². The molecule has 0 aliphatic carbocycles. The Kier molecular flexibility index (Phi) is 5.11. The molecule has 0 fully saturated rings. The zero-order valence-electron chi connectivity index (χ0n) is 13.6. The smallest absolute Gasteiger partial charge is 0.253 e. The number of benzene rings is 1. The predicted molar refractivity (Wildman–Crippen MR) is 95.9 cm³/mol. The van der Waals surface area contributed by atoms with E-state index in [0.29, 0.717) is 10.7 Å². The van der Waals surface area contributed by atoms with Crippen molar-refractivity contribution in [1.82, 2.24) is 14.8 Å². The lowest BCUT2D eigenvalue weighted by molar-refractivity contribution is -0.123. The van der Waals surface area contributed by atoms with E-state index >= 15 is 0 Å². The van der Waals surface area contributed by atoms with Gasteiger partial charge in [0.15, 0.2) is 0 Å². The largest absolute Gasteiger partial charge is 0.383 e. The molecule has 0 unspecified atom stereocenters. The van der Waals surface area contributed by atoms with Gasteiger partial charge in [-0.3, -0.25) is 9.78 Å². The lowest BCUT2D eigenvalue weighted by atomic mass is 10.1. The monoisotopic (exact) mass is 356 g/mol. The van der Waals surface area contributed by atoms with E-state index in [1.165, 1.54) is 0 Å². The van der Waals surface area contributed by atoms with Crippen molar-refractivity contribution >= 4 is 23.2 Å². The van der Waals surface area contributed by atoms with Gasteiger partial charge >= 0.3 is 0 Å². The summed E-state index contributed by atoms with van der Waals surface area (Å²) in [6.07, 6.45) is 3.95. The van der Waals surface area contributed by atoms with Crippen LogP contribution in [0.2, 0.25) is 5.02 Å². The average molecular weight is 357 g/mol. The van der Waals surface area contributed by atoms with Gasteiger partial charge in [-0.25, -0.2) is 4.68 Å². The van der Waals surface area contributed by atoms with Crippen molar-refractivity contribution in [3.05, 3.63) is 71.3 Å². The van der Waals surface area contributed by atoms with Crippen LogP contribution in [0, 0.1) is 6.92 Å². The molecule has 7 heteroatoms. The van der Waals surface area contributed by atoms with Crippen molar-refractivity contribution in [3.8, 4) is 5.69 Å². The van der Waals surface area contributed by atoms with Crippen LogP contribution >= 0.6 is 11.6 Å². The third kappa shape index (κ3) is 4.04. The maximum absolute atomic E-state index is 12.2. The summed E-state index contributed by atoms with van der Waals surface area (Å²) in [6.45, 7) is 1.84. The van der Waals surface area contributed by atoms with Crippen LogP contribution in [-0.2, 0) is 11.2 Å². The van der Waals surface area contributed by atoms with E-state index in [2.05, 4.69) is 15.4 Å². The number of halogens is 1. The zero-order chi connectivity index (χ0) is 17.8. The van der Waals surface area contributed by atoms with Crippen molar-refractivity contribution in [2.45, 2.75) is 19.4 Å². The number of carbonyl (C=O) groups is 1. The highest BCUT2D eigenvalue weighted by atomic mass is 35.5. The Hall–Kier alpha value is -2.70. The lowest BCUT2D eigenvalue weighted by Gasteiger charge is -2.11. The molecule has 0 saturated carbocycles. The average Bonchev–Trinajstić information content (AvgIpc) is 2.98. The highest BCUT2D eigenvalue weighted by Crippen LogP contribution is 2.18. The molecule has 3 rings (SSSR count). The Morgan fingerprint density at radius 3 is 2.60 bits per heavy atom. The highest BCUT2D eigenvalue weighted by Gasteiger charge is 2.18. The van der Waals surface area contributed by atoms with Crippen molar-refractivity contribution in [3.63, 3.8) is 0 Å². The first-order valence-corrected chi connectivity index (χ1v) is 8.11. The zero-order valence-corrected chi connectivity index (χ0v) is 14.3. The second-order valence-electron chi connectivity index (χ2n) is 5.60. The molecule has 2 aromatic heterocycles. The predicted octanol–water partition coefficient (Wildman–Crippen LogP) is 2.77.